The molecule has 28 heavy (non-hydrogen) atoms. The van der Waals surface area contributed by atoms with Crippen LogP contribution in [0, 0.1) is 5.82 Å². The molecule has 2 aromatic rings. The van der Waals surface area contributed by atoms with Gasteiger partial charge in [-0.1, -0.05) is 24.3 Å². The summed E-state index contributed by atoms with van der Waals surface area (Å²) < 4.78 is 24.2. The lowest BCUT2D eigenvalue weighted by atomic mass is 10.1. The minimum absolute atomic E-state index is 0.135. The molecule has 1 aliphatic heterocycles. The van der Waals surface area contributed by atoms with Gasteiger partial charge >= 0.3 is 5.97 Å². The van der Waals surface area contributed by atoms with Crippen molar-refractivity contribution in [1.29, 1.82) is 0 Å². The third-order valence-corrected chi connectivity index (χ3v) is 4.81. The van der Waals surface area contributed by atoms with Crippen LogP contribution in [0.25, 0.3) is 0 Å². The Balaban J connectivity index is 1.77. The van der Waals surface area contributed by atoms with Crippen molar-refractivity contribution in [3.63, 3.8) is 0 Å². The van der Waals surface area contributed by atoms with Crippen molar-refractivity contribution in [3.8, 4) is 5.75 Å². The van der Waals surface area contributed by atoms with Crippen molar-refractivity contribution < 1.29 is 28.6 Å². The number of hydrogen-bond donors (Lipinski definition) is 1. The lowest BCUT2D eigenvalue weighted by molar-refractivity contribution is -0.137. The Labute approximate surface area is 162 Å². The van der Waals surface area contributed by atoms with Gasteiger partial charge in [0.25, 0.3) is 5.91 Å². The average Bonchev–Trinajstić information content (AvgIpc) is 3.09. The summed E-state index contributed by atoms with van der Waals surface area (Å²) in [6.45, 7) is 0.517. The molecule has 2 unspecified atom stereocenters. The first-order chi connectivity index (χ1) is 13.5. The van der Waals surface area contributed by atoms with E-state index in [0.29, 0.717) is 24.3 Å². The fourth-order valence-corrected chi connectivity index (χ4v) is 3.35. The monoisotopic (exact) mass is 387 g/mol. The van der Waals surface area contributed by atoms with E-state index in [1.807, 2.05) is 0 Å². The lowest BCUT2D eigenvalue weighted by Crippen LogP contribution is -2.37. The number of para-hydroxylation sites is 1. The Kier molecular flexibility index (Phi) is 6.26. The molecule has 148 valence electrons. The van der Waals surface area contributed by atoms with Crippen LogP contribution in [0.1, 0.15) is 28.8 Å². The Morgan fingerprint density at radius 2 is 1.89 bits per heavy atom. The second-order valence-corrected chi connectivity index (χ2v) is 6.71. The number of ether oxygens (including phenoxy) is 2. The maximum Gasteiger partial charge on any atom is 0.305 e. The molecule has 1 saturated heterocycles. The second-order valence-electron chi connectivity index (χ2n) is 6.71. The molecule has 0 aromatic heterocycles. The van der Waals surface area contributed by atoms with Gasteiger partial charge in [0.05, 0.1) is 18.1 Å². The molecule has 1 heterocycles. The third-order valence-electron chi connectivity index (χ3n) is 4.81. The van der Waals surface area contributed by atoms with E-state index in [9.17, 15) is 14.0 Å². The minimum atomic E-state index is -0.958. The predicted molar refractivity (Wildman–Crippen MR) is 99.7 cm³/mol. The number of amides is 1. The van der Waals surface area contributed by atoms with Crippen LogP contribution < -0.4 is 4.74 Å². The molecule has 2 atom stereocenters. The van der Waals surface area contributed by atoms with Crippen LogP contribution in [0.15, 0.2) is 48.5 Å². The highest BCUT2D eigenvalue weighted by atomic mass is 19.1. The number of methoxy groups -OCH3 is 1. The van der Waals surface area contributed by atoms with E-state index in [1.165, 1.54) is 12.1 Å². The van der Waals surface area contributed by atoms with Gasteiger partial charge in [-0.3, -0.25) is 9.59 Å². The number of halogens is 1. The first-order valence-corrected chi connectivity index (χ1v) is 8.99. The summed E-state index contributed by atoms with van der Waals surface area (Å²) in [6, 6.07) is 12.3. The number of hydrogen-bond acceptors (Lipinski definition) is 4. The maximum atomic E-state index is 13.1. The molecule has 0 saturated carbocycles. The van der Waals surface area contributed by atoms with Crippen molar-refractivity contribution in [2.75, 3.05) is 13.7 Å². The molecular weight excluding hydrogens is 365 g/mol. The van der Waals surface area contributed by atoms with Crippen LogP contribution in [-0.2, 0) is 16.1 Å². The summed E-state index contributed by atoms with van der Waals surface area (Å²) in [5, 5.41) is 9.16. The first-order valence-electron chi connectivity index (χ1n) is 8.99. The van der Waals surface area contributed by atoms with E-state index in [4.69, 9.17) is 14.6 Å². The third kappa shape index (κ3) is 4.67. The van der Waals surface area contributed by atoms with Crippen molar-refractivity contribution in [1.82, 2.24) is 4.90 Å². The van der Waals surface area contributed by atoms with Gasteiger partial charge in [-0.2, -0.15) is 0 Å². The number of aliphatic carboxylic acids is 1. The Morgan fingerprint density at radius 3 is 2.57 bits per heavy atom. The van der Waals surface area contributed by atoms with Crippen LogP contribution in [0.3, 0.4) is 0 Å². The smallest absolute Gasteiger partial charge is 0.305 e. The normalized spacial score (nSPS) is 18.9. The molecule has 1 N–H and O–H groups in total. The summed E-state index contributed by atoms with van der Waals surface area (Å²) in [4.78, 5) is 25.8. The standard InChI is InChI=1S/C21H22FNO5/c1-27-17-10-16(11-20(24)25)23(12-17)21(26)18-4-2-3-5-19(18)28-13-14-6-8-15(22)9-7-14/h2-9,16-17H,10-13H2,1H3,(H,24,25). The highest BCUT2D eigenvalue weighted by molar-refractivity contribution is 5.97. The zero-order chi connectivity index (χ0) is 20.1. The van der Waals surface area contributed by atoms with Crippen LogP contribution in [0.5, 0.6) is 5.75 Å². The van der Waals surface area contributed by atoms with Crippen LogP contribution in [0.2, 0.25) is 0 Å². The Hall–Kier alpha value is -2.93. The summed E-state index contributed by atoms with van der Waals surface area (Å²) in [5.41, 5.74) is 1.13. The van der Waals surface area contributed by atoms with E-state index in [2.05, 4.69) is 0 Å². The number of nitrogens with zero attached hydrogens (tertiary/aromatic N) is 1. The summed E-state index contributed by atoms with van der Waals surface area (Å²) >= 11 is 0. The average molecular weight is 387 g/mol. The fraction of sp³-hybridized carbons (Fsp3) is 0.333. The number of likely N-dealkylation sites (tertiary alicyclic amines) is 1. The number of carboxylic acid groups (broad SMARTS) is 1. The van der Waals surface area contributed by atoms with Gasteiger partial charge in [-0.15, -0.1) is 0 Å². The van der Waals surface area contributed by atoms with E-state index in [1.54, 1.807) is 48.4 Å². The molecule has 1 fully saturated rings. The highest BCUT2D eigenvalue weighted by Crippen LogP contribution is 2.28. The Bertz CT molecular complexity index is 839. The molecule has 2 aromatic carbocycles. The van der Waals surface area contributed by atoms with Crippen molar-refractivity contribution in [2.24, 2.45) is 0 Å². The number of carbonyl (C=O) groups is 2. The van der Waals surface area contributed by atoms with Gasteiger partial charge < -0.3 is 19.5 Å². The predicted octanol–water partition coefficient (Wildman–Crippen LogP) is 3.11. The summed E-state index contributed by atoms with van der Waals surface area (Å²) in [5.74, 6) is -1.18. The molecule has 0 bridgehead atoms. The van der Waals surface area contributed by atoms with Crippen molar-refractivity contribution >= 4 is 11.9 Å². The van der Waals surface area contributed by atoms with Gasteiger partial charge in [0, 0.05) is 19.7 Å². The van der Waals surface area contributed by atoms with Crippen molar-refractivity contribution in [3.05, 3.63) is 65.5 Å². The highest BCUT2D eigenvalue weighted by Gasteiger charge is 2.37. The number of benzene rings is 2. The fourth-order valence-electron chi connectivity index (χ4n) is 3.35. The first kappa shape index (κ1) is 19.8. The molecular formula is C21H22FNO5. The number of carbonyl (C=O) groups excluding carboxylic acids is 1. The van der Waals surface area contributed by atoms with E-state index >= 15 is 0 Å². The van der Waals surface area contributed by atoms with E-state index < -0.39 is 12.0 Å². The minimum Gasteiger partial charge on any atom is -0.488 e. The molecule has 6 nitrogen and oxygen atoms in total. The molecule has 0 aliphatic carbocycles. The van der Waals surface area contributed by atoms with Crippen molar-refractivity contribution in [2.45, 2.75) is 31.6 Å². The molecule has 0 radical (unpaired) electrons. The van der Waals surface area contributed by atoms with Gasteiger partial charge in [0.2, 0.25) is 0 Å². The zero-order valence-corrected chi connectivity index (χ0v) is 15.5. The Morgan fingerprint density at radius 1 is 1.18 bits per heavy atom. The summed E-state index contributed by atoms with van der Waals surface area (Å²) in [7, 11) is 1.55. The SMILES string of the molecule is COC1CC(CC(=O)O)N(C(=O)c2ccccc2OCc2ccc(F)cc2)C1. The largest absolute Gasteiger partial charge is 0.488 e. The van der Waals surface area contributed by atoms with Crippen LogP contribution in [-0.4, -0.2) is 47.7 Å². The number of rotatable bonds is 7. The molecule has 3 rings (SSSR count). The van der Waals surface area contributed by atoms with Gasteiger partial charge in [-0.05, 0) is 36.2 Å². The molecule has 1 amide bonds. The molecule has 1 aliphatic rings. The van der Waals surface area contributed by atoms with Crippen LogP contribution in [0.4, 0.5) is 4.39 Å². The van der Waals surface area contributed by atoms with E-state index in [0.717, 1.165) is 5.56 Å². The second kappa shape index (κ2) is 8.84. The molecule has 7 heteroatoms. The van der Waals surface area contributed by atoms with Gasteiger partial charge in [0.15, 0.2) is 0 Å². The van der Waals surface area contributed by atoms with E-state index in [-0.39, 0.29) is 30.9 Å². The quantitative estimate of drug-likeness (QED) is 0.790. The zero-order valence-electron chi connectivity index (χ0n) is 15.5. The van der Waals surface area contributed by atoms with Crippen LogP contribution >= 0.6 is 0 Å². The van der Waals surface area contributed by atoms with Gasteiger partial charge in [0.1, 0.15) is 18.2 Å². The maximum absolute atomic E-state index is 13.1. The molecule has 0 spiro atoms. The number of carboxylic acids is 1. The van der Waals surface area contributed by atoms with Gasteiger partial charge in [-0.25, -0.2) is 4.39 Å². The summed E-state index contributed by atoms with van der Waals surface area (Å²) in [6.07, 6.45) is 0.151. The lowest BCUT2D eigenvalue weighted by Gasteiger charge is -2.24. The topological polar surface area (TPSA) is 76.1 Å².